The molecule has 0 aliphatic heterocycles. The molecule has 0 heterocycles. The van der Waals surface area contributed by atoms with E-state index >= 15 is 0 Å². The number of unbranched alkanes of at least 4 members (excludes halogenated alkanes) is 2. The molecule has 1 aromatic carbocycles. The second-order valence-electron chi connectivity index (χ2n) is 4.54. The average molecular weight is 310 g/mol. The van der Waals surface area contributed by atoms with Gasteiger partial charge in [0.1, 0.15) is 0 Å². The van der Waals surface area contributed by atoms with E-state index in [-0.39, 0.29) is 5.91 Å². The van der Waals surface area contributed by atoms with E-state index in [2.05, 4.69) is 48.1 Å². The fourth-order valence-corrected chi connectivity index (χ4v) is 2.29. The van der Waals surface area contributed by atoms with Crippen molar-refractivity contribution < 1.29 is 4.79 Å². The molecule has 0 radical (unpaired) electrons. The third kappa shape index (κ3) is 6.91. The molecule has 3 nitrogen and oxygen atoms in total. The molecule has 1 aromatic rings. The first-order valence-corrected chi connectivity index (χ1v) is 8.49. The summed E-state index contributed by atoms with van der Waals surface area (Å²) in [6.45, 7) is 2.75. The lowest BCUT2D eigenvalue weighted by Crippen LogP contribution is -2.38. The molecular formula is C15H22N2OS2. The lowest BCUT2D eigenvalue weighted by Gasteiger charge is -2.09. The molecule has 0 fully saturated rings. The van der Waals surface area contributed by atoms with Crippen LogP contribution < -0.4 is 10.6 Å². The highest BCUT2D eigenvalue weighted by Crippen LogP contribution is 2.14. The highest BCUT2D eigenvalue weighted by Gasteiger charge is 2.03. The molecule has 0 aliphatic rings. The molecule has 0 unspecified atom stereocenters. The molecule has 2 N–H and O–H groups in total. The monoisotopic (exact) mass is 310 g/mol. The molecule has 5 heteroatoms. The molecule has 1 rings (SSSR count). The van der Waals surface area contributed by atoms with Crippen LogP contribution in [0.25, 0.3) is 0 Å². The molecule has 0 aliphatic carbocycles. The smallest absolute Gasteiger partial charge is 0.226 e. The summed E-state index contributed by atoms with van der Waals surface area (Å²) in [5.41, 5.74) is 1.14. The Labute approximate surface area is 130 Å². The van der Waals surface area contributed by atoms with Crippen LogP contribution in [0.4, 0.5) is 0 Å². The van der Waals surface area contributed by atoms with E-state index in [4.69, 9.17) is 12.2 Å². The van der Waals surface area contributed by atoms with Crippen molar-refractivity contribution in [3.63, 3.8) is 0 Å². The van der Waals surface area contributed by atoms with Crippen molar-refractivity contribution in [2.24, 2.45) is 0 Å². The zero-order valence-electron chi connectivity index (χ0n) is 12.1. The Morgan fingerprint density at radius 1 is 1.25 bits per heavy atom. The topological polar surface area (TPSA) is 41.1 Å². The summed E-state index contributed by atoms with van der Waals surface area (Å²) < 4.78 is 0. The van der Waals surface area contributed by atoms with Gasteiger partial charge in [0.25, 0.3) is 0 Å². The quantitative estimate of drug-likeness (QED) is 0.459. The summed E-state index contributed by atoms with van der Waals surface area (Å²) in [6.07, 6.45) is 5.70. The number of thiocarbonyl (C=S) groups is 1. The maximum atomic E-state index is 11.6. The Bertz CT molecular complexity index is 432. The van der Waals surface area contributed by atoms with Gasteiger partial charge in [-0.15, -0.1) is 11.8 Å². The maximum Gasteiger partial charge on any atom is 0.226 e. The van der Waals surface area contributed by atoms with E-state index < -0.39 is 0 Å². The first-order valence-electron chi connectivity index (χ1n) is 6.86. The largest absolute Gasteiger partial charge is 0.358 e. The Morgan fingerprint density at radius 3 is 2.55 bits per heavy atom. The molecule has 0 bridgehead atoms. The van der Waals surface area contributed by atoms with Crippen LogP contribution >= 0.6 is 24.0 Å². The summed E-state index contributed by atoms with van der Waals surface area (Å²) in [6, 6.07) is 8.27. The van der Waals surface area contributed by atoms with Crippen LogP contribution in [0.15, 0.2) is 29.2 Å². The molecule has 0 saturated carbocycles. The van der Waals surface area contributed by atoms with Crippen LogP contribution in [0.5, 0.6) is 0 Å². The van der Waals surface area contributed by atoms with Crippen LogP contribution in [0, 0.1) is 0 Å². The second kappa shape index (κ2) is 9.77. The zero-order valence-corrected chi connectivity index (χ0v) is 13.7. The van der Waals surface area contributed by atoms with Gasteiger partial charge in [0.2, 0.25) is 5.91 Å². The first-order chi connectivity index (χ1) is 9.65. The molecule has 0 spiro atoms. The number of nitrogens with one attached hydrogen (secondary N) is 2. The van der Waals surface area contributed by atoms with Gasteiger partial charge in [-0.3, -0.25) is 4.79 Å². The minimum absolute atomic E-state index is 0.00585. The Morgan fingerprint density at radius 2 is 1.95 bits per heavy atom. The molecular weight excluding hydrogens is 288 g/mol. The van der Waals surface area contributed by atoms with Gasteiger partial charge in [-0.05, 0) is 42.6 Å². The third-order valence-electron chi connectivity index (χ3n) is 2.87. The summed E-state index contributed by atoms with van der Waals surface area (Å²) in [4.78, 5) is 12.8. The zero-order chi connectivity index (χ0) is 14.8. The van der Waals surface area contributed by atoms with Crippen LogP contribution in [0.3, 0.4) is 0 Å². The average Bonchev–Trinajstić information content (AvgIpc) is 2.46. The number of amides is 1. The van der Waals surface area contributed by atoms with Crippen LogP contribution in [-0.2, 0) is 11.3 Å². The lowest BCUT2D eigenvalue weighted by molar-refractivity contribution is -0.119. The van der Waals surface area contributed by atoms with E-state index in [1.54, 1.807) is 11.8 Å². The van der Waals surface area contributed by atoms with Gasteiger partial charge < -0.3 is 10.6 Å². The van der Waals surface area contributed by atoms with Crippen LogP contribution in [0.1, 0.15) is 38.2 Å². The second-order valence-corrected chi connectivity index (χ2v) is 5.82. The highest BCUT2D eigenvalue weighted by molar-refractivity contribution is 7.98. The van der Waals surface area contributed by atoms with Crippen molar-refractivity contribution in [2.45, 2.75) is 44.0 Å². The molecule has 20 heavy (non-hydrogen) atoms. The number of rotatable bonds is 7. The molecule has 1 amide bonds. The van der Waals surface area contributed by atoms with Crippen molar-refractivity contribution in [1.82, 2.24) is 10.6 Å². The normalized spacial score (nSPS) is 10.1. The predicted octanol–water partition coefficient (Wildman–Crippen LogP) is 3.48. The summed E-state index contributed by atoms with van der Waals surface area (Å²) in [7, 11) is 0. The van der Waals surface area contributed by atoms with Crippen molar-refractivity contribution in [3.05, 3.63) is 29.8 Å². The summed E-state index contributed by atoms with van der Waals surface area (Å²) in [5.74, 6) is -0.00585. The minimum Gasteiger partial charge on any atom is -0.358 e. The molecule has 0 saturated heterocycles. The fraction of sp³-hybridized carbons (Fsp3) is 0.467. The van der Waals surface area contributed by atoms with Crippen molar-refractivity contribution in [2.75, 3.05) is 6.26 Å². The highest BCUT2D eigenvalue weighted by atomic mass is 32.2. The van der Waals surface area contributed by atoms with Crippen molar-refractivity contribution >= 4 is 35.0 Å². The van der Waals surface area contributed by atoms with Gasteiger partial charge in [0, 0.05) is 17.9 Å². The van der Waals surface area contributed by atoms with E-state index in [0.29, 0.717) is 18.1 Å². The number of carbonyl (C=O) groups excluding carboxylic acids is 1. The van der Waals surface area contributed by atoms with Crippen molar-refractivity contribution in [3.8, 4) is 0 Å². The first kappa shape index (κ1) is 17.0. The van der Waals surface area contributed by atoms with Gasteiger partial charge in [-0.1, -0.05) is 31.9 Å². The maximum absolute atomic E-state index is 11.6. The van der Waals surface area contributed by atoms with Crippen molar-refractivity contribution in [1.29, 1.82) is 0 Å². The minimum atomic E-state index is -0.00585. The molecule has 0 atom stereocenters. The standard InChI is InChI=1S/C15H22N2OS2/c1-3-4-5-6-14(18)17-15(19)16-11-12-7-9-13(20-2)10-8-12/h7-10H,3-6,11H2,1-2H3,(H2,16,17,18,19). The molecule has 110 valence electrons. The van der Waals surface area contributed by atoms with E-state index in [0.717, 1.165) is 24.8 Å². The Balaban J connectivity index is 2.26. The lowest BCUT2D eigenvalue weighted by atomic mass is 10.2. The third-order valence-corrected chi connectivity index (χ3v) is 3.86. The van der Waals surface area contributed by atoms with Crippen LogP contribution in [0.2, 0.25) is 0 Å². The van der Waals surface area contributed by atoms with Gasteiger partial charge in [0.05, 0.1) is 0 Å². The SMILES string of the molecule is CCCCCC(=O)NC(=S)NCc1ccc(SC)cc1. The Hall–Kier alpha value is -1.07. The van der Waals surface area contributed by atoms with E-state index in [1.165, 1.54) is 4.90 Å². The fourth-order valence-electron chi connectivity index (χ4n) is 1.69. The Kier molecular flexibility index (Phi) is 8.30. The number of thioether (sulfide) groups is 1. The summed E-state index contributed by atoms with van der Waals surface area (Å²) in [5, 5.41) is 6.16. The van der Waals surface area contributed by atoms with E-state index in [9.17, 15) is 4.79 Å². The number of carbonyl (C=O) groups is 1. The van der Waals surface area contributed by atoms with Gasteiger partial charge in [-0.25, -0.2) is 0 Å². The van der Waals surface area contributed by atoms with Crippen LogP contribution in [-0.4, -0.2) is 17.3 Å². The molecule has 0 aromatic heterocycles. The van der Waals surface area contributed by atoms with Gasteiger partial charge >= 0.3 is 0 Å². The number of hydrogen-bond donors (Lipinski definition) is 2. The van der Waals surface area contributed by atoms with Gasteiger partial charge in [0.15, 0.2) is 5.11 Å². The summed E-state index contributed by atoms with van der Waals surface area (Å²) >= 11 is 6.83. The van der Waals surface area contributed by atoms with Gasteiger partial charge in [-0.2, -0.15) is 0 Å². The number of benzene rings is 1. The van der Waals surface area contributed by atoms with E-state index in [1.807, 2.05) is 0 Å². The number of hydrogen-bond acceptors (Lipinski definition) is 3. The predicted molar refractivity (Wildman–Crippen MR) is 89.9 cm³/mol.